The fourth-order valence-corrected chi connectivity index (χ4v) is 0.630. The van der Waals surface area contributed by atoms with Gasteiger partial charge in [-0.15, -0.1) is 6.42 Å². The third kappa shape index (κ3) is 4.34. The third-order valence-corrected chi connectivity index (χ3v) is 1.31. The van der Waals surface area contributed by atoms with E-state index >= 15 is 0 Å². The van der Waals surface area contributed by atoms with Crippen molar-refractivity contribution in [1.82, 2.24) is 4.90 Å². The lowest BCUT2D eigenvalue weighted by Crippen LogP contribution is -2.27. The third-order valence-electron chi connectivity index (χ3n) is 1.31. The van der Waals surface area contributed by atoms with Gasteiger partial charge in [0.05, 0.1) is 13.0 Å². The van der Waals surface area contributed by atoms with Crippen molar-refractivity contribution in [3.63, 3.8) is 0 Å². The van der Waals surface area contributed by atoms with Gasteiger partial charge in [0.15, 0.2) is 0 Å². The van der Waals surface area contributed by atoms with Crippen molar-refractivity contribution < 1.29 is 14.7 Å². The van der Waals surface area contributed by atoms with Crippen LogP contribution in [-0.2, 0) is 9.59 Å². The molecule has 0 aliphatic carbocycles. The first-order chi connectivity index (χ1) is 5.57. The van der Waals surface area contributed by atoms with Gasteiger partial charge in [-0.3, -0.25) is 9.59 Å². The van der Waals surface area contributed by atoms with Gasteiger partial charge in [0.2, 0.25) is 5.91 Å². The van der Waals surface area contributed by atoms with Crippen LogP contribution in [0.2, 0.25) is 0 Å². The van der Waals surface area contributed by atoms with Crippen LogP contribution in [0, 0.1) is 12.3 Å². The number of carboxylic acid groups (broad SMARTS) is 1. The standard InChI is InChI=1S/C8H11NO3/c1-3-6-9(2)7(10)4-5-8(11)12/h1H,4-6H2,2H3,(H,11,12). The van der Waals surface area contributed by atoms with Crippen molar-refractivity contribution in [2.75, 3.05) is 13.6 Å². The van der Waals surface area contributed by atoms with Gasteiger partial charge in [0.1, 0.15) is 0 Å². The maximum absolute atomic E-state index is 11.0. The molecule has 4 heteroatoms. The molecule has 1 N–H and O–H groups in total. The molecule has 0 saturated carbocycles. The van der Waals surface area contributed by atoms with E-state index in [4.69, 9.17) is 11.5 Å². The Balaban J connectivity index is 3.73. The molecule has 0 aliphatic rings. The minimum atomic E-state index is -0.975. The number of aliphatic carboxylic acids is 1. The van der Waals surface area contributed by atoms with Gasteiger partial charge in [0, 0.05) is 13.5 Å². The van der Waals surface area contributed by atoms with E-state index in [2.05, 4.69) is 5.92 Å². The Morgan fingerprint density at radius 3 is 2.50 bits per heavy atom. The largest absolute Gasteiger partial charge is 0.481 e. The monoisotopic (exact) mass is 169 g/mol. The molecule has 0 radical (unpaired) electrons. The molecule has 0 fully saturated rings. The molecule has 0 unspecified atom stereocenters. The zero-order chi connectivity index (χ0) is 9.56. The number of carbonyl (C=O) groups is 2. The van der Waals surface area contributed by atoms with Crippen LogP contribution >= 0.6 is 0 Å². The highest BCUT2D eigenvalue weighted by molar-refractivity contribution is 5.80. The Bertz CT molecular complexity index is 217. The average molecular weight is 169 g/mol. The van der Waals surface area contributed by atoms with Crippen LogP contribution in [-0.4, -0.2) is 35.5 Å². The van der Waals surface area contributed by atoms with E-state index in [-0.39, 0.29) is 25.3 Å². The van der Waals surface area contributed by atoms with Gasteiger partial charge in [-0.05, 0) is 0 Å². The number of hydrogen-bond donors (Lipinski definition) is 1. The summed E-state index contributed by atoms with van der Waals surface area (Å²) in [7, 11) is 1.55. The second-order valence-electron chi connectivity index (χ2n) is 2.35. The molecule has 0 aromatic rings. The Kier molecular flexibility index (Phi) is 4.54. The average Bonchev–Trinajstić information content (AvgIpc) is 2.00. The Morgan fingerprint density at radius 2 is 2.08 bits per heavy atom. The normalized spacial score (nSPS) is 8.67. The molecule has 1 amide bonds. The van der Waals surface area contributed by atoms with Gasteiger partial charge in [-0.2, -0.15) is 0 Å². The van der Waals surface area contributed by atoms with Crippen LogP contribution in [0.4, 0.5) is 0 Å². The van der Waals surface area contributed by atoms with Crippen LogP contribution in [0.3, 0.4) is 0 Å². The lowest BCUT2D eigenvalue weighted by Gasteiger charge is -2.12. The summed E-state index contributed by atoms with van der Waals surface area (Å²) in [4.78, 5) is 22.4. The summed E-state index contributed by atoms with van der Waals surface area (Å²) in [5.74, 6) is 1.08. The zero-order valence-electron chi connectivity index (χ0n) is 6.91. The van der Waals surface area contributed by atoms with Crippen molar-refractivity contribution in [3.05, 3.63) is 0 Å². The molecule has 0 bridgehead atoms. The first kappa shape index (κ1) is 10.5. The summed E-state index contributed by atoms with van der Waals surface area (Å²) in [6, 6.07) is 0. The minimum Gasteiger partial charge on any atom is -0.481 e. The van der Waals surface area contributed by atoms with Gasteiger partial charge >= 0.3 is 5.97 Å². The van der Waals surface area contributed by atoms with Crippen molar-refractivity contribution in [3.8, 4) is 12.3 Å². The number of terminal acetylenes is 1. The van der Waals surface area contributed by atoms with E-state index in [1.54, 1.807) is 7.05 Å². The van der Waals surface area contributed by atoms with E-state index in [0.717, 1.165) is 0 Å². The lowest BCUT2D eigenvalue weighted by atomic mass is 10.3. The predicted octanol–water partition coefficient (Wildman–Crippen LogP) is -0.0572. The van der Waals surface area contributed by atoms with Gasteiger partial charge in [-0.25, -0.2) is 0 Å². The maximum Gasteiger partial charge on any atom is 0.303 e. The summed E-state index contributed by atoms with van der Waals surface area (Å²) >= 11 is 0. The van der Waals surface area contributed by atoms with Crippen molar-refractivity contribution in [2.24, 2.45) is 0 Å². The number of hydrogen-bond acceptors (Lipinski definition) is 2. The van der Waals surface area contributed by atoms with E-state index < -0.39 is 5.97 Å². The van der Waals surface area contributed by atoms with E-state index in [9.17, 15) is 9.59 Å². The number of nitrogens with zero attached hydrogens (tertiary/aromatic N) is 1. The summed E-state index contributed by atoms with van der Waals surface area (Å²) in [5.41, 5.74) is 0. The summed E-state index contributed by atoms with van der Waals surface area (Å²) in [6.07, 6.45) is 4.83. The minimum absolute atomic E-state index is 0.00745. The number of carbonyl (C=O) groups excluding carboxylic acids is 1. The van der Waals surface area contributed by atoms with Crippen LogP contribution in [0.25, 0.3) is 0 Å². The molecule has 66 valence electrons. The maximum atomic E-state index is 11.0. The molecule has 12 heavy (non-hydrogen) atoms. The second-order valence-corrected chi connectivity index (χ2v) is 2.35. The molecule has 0 aromatic carbocycles. The molecule has 0 heterocycles. The van der Waals surface area contributed by atoms with Crippen LogP contribution in [0.1, 0.15) is 12.8 Å². The SMILES string of the molecule is C#CCN(C)C(=O)CCC(=O)O. The zero-order valence-corrected chi connectivity index (χ0v) is 6.91. The van der Waals surface area contributed by atoms with Gasteiger partial charge in [0.25, 0.3) is 0 Å². The Hall–Kier alpha value is -1.50. The fourth-order valence-electron chi connectivity index (χ4n) is 0.630. The Labute approximate surface area is 71.2 Å². The number of rotatable bonds is 4. The van der Waals surface area contributed by atoms with Crippen LogP contribution in [0.5, 0.6) is 0 Å². The molecular formula is C8H11NO3. The van der Waals surface area contributed by atoms with E-state index in [1.165, 1.54) is 4.90 Å². The van der Waals surface area contributed by atoms with E-state index in [0.29, 0.717) is 0 Å². The van der Waals surface area contributed by atoms with Gasteiger partial charge < -0.3 is 10.0 Å². The Morgan fingerprint density at radius 1 is 1.50 bits per heavy atom. The van der Waals surface area contributed by atoms with E-state index in [1.807, 2.05) is 0 Å². The molecule has 0 rings (SSSR count). The summed E-state index contributed by atoms with van der Waals surface area (Å²) < 4.78 is 0. The number of amides is 1. The molecule has 4 nitrogen and oxygen atoms in total. The molecule has 0 aliphatic heterocycles. The second kappa shape index (κ2) is 5.19. The molecule has 0 saturated heterocycles. The smallest absolute Gasteiger partial charge is 0.303 e. The quantitative estimate of drug-likeness (QED) is 0.600. The topological polar surface area (TPSA) is 57.6 Å². The van der Waals surface area contributed by atoms with Gasteiger partial charge in [-0.1, -0.05) is 5.92 Å². The summed E-state index contributed by atoms with van der Waals surface area (Å²) in [6.45, 7) is 0.221. The molecule has 0 aromatic heterocycles. The predicted molar refractivity (Wildman–Crippen MR) is 43.3 cm³/mol. The lowest BCUT2D eigenvalue weighted by molar-refractivity contribution is -0.140. The highest BCUT2D eigenvalue weighted by Crippen LogP contribution is 1.94. The summed E-state index contributed by atoms with van der Waals surface area (Å²) in [5, 5.41) is 8.26. The highest BCUT2D eigenvalue weighted by atomic mass is 16.4. The first-order valence-electron chi connectivity index (χ1n) is 3.47. The van der Waals surface area contributed by atoms with Crippen LogP contribution < -0.4 is 0 Å². The van der Waals surface area contributed by atoms with Crippen molar-refractivity contribution in [1.29, 1.82) is 0 Å². The number of carboxylic acids is 1. The van der Waals surface area contributed by atoms with Crippen molar-refractivity contribution in [2.45, 2.75) is 12.8 Å². The fraction of sp³-hybridized carbons (Fsp3) is 0.500. The molecule has 0 atom stereocenters. The highest BCUT2D eigenvalue weighted by Gasteiger charge is 2.08. The first-order valence-corrected chi connectivity index (χ1v) is 3.47. The van der Waals surface area contributed by atoms with Crippen molar-refractivity contribution >= 4 is 11.9 Å². The molecule has 0 spiro atoms. The van der Waals surface area contributed by atoms with Crippen LogP contribution in [0.15, 0.2) is 0 Å². The molecular weight excluding hydrogens is 158 g/mol.